The van der Waals surface area contributed by atoms with Crippen LogP contribution < -0.4 is 5.73 Å². The molecule has 0 aromatic heterocycles. The second-order valence-corrected chi connectivity index (χ2v) is 2.65. The number of hydrogen-bond acceptors (Lipinski definition) is 6. The van der Waals surface area contributed by atoms with Crippen LogP contribution in [-0.4, -0.2) is 65.1 Å². The van der Waals surface area contributed by atoms with E-state index >= 15 is 0 Å². The summed E-state index contributed by atoms with van der Waals surface area (Å²) < 4.78 is 5.02. The van der Waals surface area contributed by atoms with E-state index in [1.165, 1.54) is 0 Å². The van der Waals surface area contributed by atoms with E-state index in [1.807, 2.05) is 0 Å². The molecule has 0 saturated heterocycles. The second kappa shape index (κ2) is 7.19. The van der Waals surface area contributed by atoms with Gasteiger partial charge in [-0.3, -0.25) is 0 Å². The number of aliphatic hydroxyl groups excluding tert-OH is 4. The van der Waals surface area contributed by atoms with Crippen molar-refractivity contribution in [3.63, 3.8) is 0 Å². The molecule has 0 amide bonds. The molecule has 0 saturated carbocycles. The molecule has 0 aliphatic rings. The molecular weight excluding hydrogens is 178 g/mol. The van der Waals surface area contributed by atoms with Gasteiger partial charge >= 0.3 is 0 Å². The van der Waals surface area contributed by atoms with Crippen LogP contribution in [0.2, 0.25) is 0 Å². The van der Waals surface area contributed by atoms with Gasteiger partial charge in [0.25, 0.3) is 0 Å². The van der Waals surface area contributed by atoms with E-state index in [-0.39, 0.29) is 13.2 Å². The third-order valence-electron chi connectivity index (χ3n) is 1.63. The largest absolute Gasteiger partial charge is 0.394 e. The molecule has 0 aromatic rings. The van der Waals surface area contributed by atoms with E-state index in [0.717, 1.165) is 0 Å². The second-order valence-electron chi connectivity index (χ2n) is 2.65. The molecular formula is C7H17NO5. The first-order valence-corrected chi connectivity index (χ1v) is 4.05. The van der Waals surface area contributed by atoms with Crippen LogP contribution in [0.5, 0.6) is 0 Å². The topological polar surface area (TPSA) is 116 Å². The maximum atomic E-state index is 9.10. The summed E-state index contributed by atoms with van der Waals surface area (Å²) >= 11 is 0. The van der Waals surface area contributed by atoms with Crippen LogP contribution in [0.4, 0.5) is 0 Å². The maximum Gasteiger partial charge on any atom is 0.109 e. The summed E-state index contributed by atoms with van der Waals surface area (Å²) in [6.07, 6.45) is -2.70. The van der Waals surface area contributed by atoms with E-state index in [9.17, 15) is 0 Å². The van der Waals surface area contributed by atoms with Crippen LogP contribution in [0.25, 0.3) is 0 Å². The number of nitrogens with two attached hydrogens (primary N) is 1. The highest BCUT2D eigenvalue weighted by atomic mass is 16.5. The van der Waals surface area contributed by atoms with Crippen molar-refractivity contribution < 1.29 is 25.2 Å². The maximum absolute atomic E-state index is 9.10. The lowest BCUT2D eigenvalue weighted by atomic mass is 10.2. The zero-order valence-electron chi connectivity index (χ0n) is 7.33. The Labute approximate surface area is 76.6 Å². The number of hydrogen-bond donors (Lipinski definition) is 5. The summed E-state index contributed by atoms with van der Waals surface area (Å²) in [7, 11) is 0. The van der Waals surface area contributed by atoms with Gasteiger partial charge in [0.2, 0.25) is 0 Å². The van der Waals surface area contributed by atoms with Gasteiger partial charge in [-0.1, -0.05) is 0 Å². The van der Waals surface area contributed by atoms with Gasteiger partial charge in [-0.05, 0) is 0 Å². The lowest BCUT2D eigenvalue weighted by Crippen LogP contribution is -2.41. The summed E-state index contributed by atoms with van der Waals surface area (Å²) in [5, 5.41) is 35.1. The molecule has 3 atom stereocenters. The first kappa shape index (κ1) is 12.8. The fraction of sp³-hybridized carbons (Fsp3) is 1.00. The van der Waals surface area contributed by atoms with Crippen LogP contribution in [0.15, 0.2) is 0 Å². The van der Waals surface area contributed by atoms with Crippen molar-refractivity contribution in [2.75, 3.05) is 26.4 Å². The summed E-state index contributed by atoms with van der Waals surface area (Å²) in [6, 6.07) is 0. The van der Waals surface area contributed by atoms with Gasteiger partial charge < -0.3 is 30.9 Å². The van der Waals surface area contributed by atoms with E-state index in [4.69, 9.17) is 30.9 Å². The summed E-state index contributed by atoms with van der Waals surface area (Å²) in [5.41, 5.74) is 5.22. The van der Waals surface area contributed by atoms with E-state index in [2.05, 4.69) is 0 Å². The smallest absolute Gasteiger partial charge is 0.109 e. The number of ether oxygens (including phenoxy) is 1. The molecule has 0 aliphatic carbocycles. The van der Waals surface area contributed by atoms with Gasteiger partial charge in [0.05, 0.1) is 25.9 Å². The normalized spacial score (nSPS) is 18.2. The zero-order chi connectivity index (χ0) is 10.3. The van der Waals surface area contributed by atoms with E-state index in [0.29, 0.717) is 0 Å². The Kier molecular flexibility index (Phi) is 7.06. The van der Waals surface area contributed by atoms with Crippen LogP contribution in [0.1, 0.15) is 0 Å². The molecule has 0 rings (SSSR count). The van der Waals surface area contributed by atoms with Crippen molar-refractivity contribution in [1.82, 2.24) is 0 Å². The van der Waals surface area contributed by atoms with Gasteiger partial charge in [0.15, 0.2) is 0 Å². The van der Waals surface area contributed by atoms with Gasteiger partial charge in [-0.25, -0.2) is 0 Å². The van der Waals surface area contributed by atoms with Crippen LogP contribution in [0, 0.1) is 0 Å². The molecule has 0 aliphatic heterocycles. The average Bonchev–Trinajstić information content (AvgIpc) is 2.19. The highest BCUT2D eigenvalue weighted by Crippen LogP contribution is 2.02. The van der Waals surface area contributed by atoms with Crippen molar-refractivity contribution >= 4 is 0 Å². The van der Waals surface area contributed by atoms with Gasteiger partial charge in [-0.2, -0.15) is 0 Å². The standard InChI is InChI=1S/C7H17NO5/c8-1-5(2-9)13-7(4-11)6(12)3-10/h5-7,9-12H,1-4,8H2/t5-,6+,7?/m0/s1. The SMILES string of the molecule is NC[C@@H](CO)OC(CO)[C@H](O)CO. The Balaban J connectivity index is 3.94. The molecule has 0 radical (unpaired) electrons. The minimum atomic E-state index is -1.16. The molecule has 0 fully saturated rings. The lowest BCUT2D eigenvalue weighted by molar-refractivity contribution is -0.117. The molecule has 80 valence electrons. The minimum Gasteiger partial charge on any atom is -0.394 e. The predicted octanol–water partition coefficient (Wildman–Crippen LogP) is -2.96. The van der Waals surface area contributed by atoms with E-state index < -0.39 is 31.5 Å². The lowest BCUT2D eigenvalue weighted by Gasteiger charge is -2.24. The molecule has 0 spiro atoms. The molecule has 0 heterocycles. The highest BCUT2D eigenvalue weighted by molar-refractivity contribution is 4.70. The van der Waals surface area contributed by atoms with Gasteiger partial charge in [0.1, 0.15) is 12.2 Å². The first-order valence-electron chi connectivity index (χ1n) is 4.05. The number of rotatable bonds is 7. The Morgan fingerprint density at radius 1 is 1.08 bits per heavy atom. The van der Waals surface area contributed by atoms with Crippen molar-refractivity contribution in [2.24, 2.45) is 5.73 Å². The number of aliphatic hydroxyl groups is 4. The van der Waals surface area contributed by atoms with Crippen LogP contribution in [0.3, 0.4) is 0 Å². The highest BCUT2D eigenvalue weighted by Gasteiger charge is 2.21. The first-order chi connectivity index (χ1) is 6.19. The van der Waals surface area contributed by atoms with E-state index in [1.54, 1.807) is 0 Å². The third-order valence-corrected chi connectivity index (χ3v) is 1.63. The molecule has 6 nitrogen and oxygen atoms in total. The molecule has 1 unspecified atom stereocenters. The van der Waals surface area contributed by atoms with Crippen LogP contribution in [-0.2, 0) is 4.74 Å². The Morgan fingerprint density at radius 3 is 2.00 bits per heavy atom. The predicted molar refractivity (Wildman–Crippen MR) is 45.0 cm³/mol. The Bertz CT molecular complexity index is 119. The molecule has 13 heavy (non-hydrogen) atoms. The van der Waals surface area contributed by atoms with Gasteiger partial charge in [-0.15, -0.1) is 0 Å². The minimum absolute atomic E-state index is 0.0884. The van der Waals surface area contributed by atoms with Crippen LogP contribution >= 0.6 is 0 Å². The quantitative estimate of drug-likeness (QED) is 0.296. The average molecular weight is 195 g/mol. The molecule has 0 bridgehead atoms. The third kappa shape index (κ3) is 4.51. The van der Waals surface area contributed by atoms with Crippen molar-refractivity contribution in [3.8, 4) is 0 Å². The summed E-state index contributed by atoms with van der Waals surface area (Å²) in [4.78, 5) is 0. The van der Waals surface area contributed by atoms with Crippen molar-refractivity contribution in [3.05, 3.63) is 0 Å². The Morgan fingerprint density at radius 2 is 1.69 bits per heavy atom. The molecule has 6 heteroatoms. The van der Waals surface area contributed by atoms with Crippen molar-refractivity contribution in [2.45, 2.75) is 18.3 Å². The zero-order valence-corrected chi connectivity index (χ0v) is 7.33. The summed E-state index contributed by atoms with van der Waals surface area (Å²) in [6.45, 7) is -1.14. The Hall–Kier alpha value is -0.240. The van der Waals surface area contributed by atoms with Crippen molar-refractivity contribution in [1.29, 1.82) is 0 Å². The molecule has 6 N–H and O–H groups in total. The summed E-state index contributed by atoms with van der Waals surface area (Å²) in [5.74, 6) is 0. The van der Waals surface area contributed by atoms with Gasteiger partial charge in [0, 0.05) is 6.54 Å². The molecule has 0 aromatic carbocycles. The monoisotopic (exact) mass is 195 g/mol. The fourth-order valence-corrected chi connectivity index (χ4v) is 0.793. The fourth-order valence-electron chi connectivity index (χ4n) is 0.793.